The van der Waals surface area contributed by atoms with Gasteiger partial charge in [-0.15, -0.1) is 0 Å². The number of rotatable bonds is 5. The second kappa shape index (κ2) is 5.32. The minimum Gasteiger partial charge on any atom is -0.314 e. The Kier molecular flexibility index (Phi) is 3.79. The van der Waals surface area contributed by atoms with E-state index < -0.39 is 0 Å². The van der Waals surface area contributed by atoms with Gasteiger partial charge in [-0.3, -0.25) is 0 Å². The van der Waals surface area contributed by atoms with Crippen LogP contribution in [0.3, 0.4) is 0 Å². The number of nitrogens with one attached hydrogen (secondary N) is 1. The van der Waals surface area contributed by atoms with Gasteiger partial charge in [-0.2, -0.15) is 0 Å². The van der Waals surface area contributed by atoms with E-state index in [2.05, 4.69) is 42.6 Å². The molecule has 0 amide bonds. The first-order valence-electron chi connectivity index (χ1n) is 6.17. The molecular formula is C14H21N. The van der Waals surface area contributed by atoms with Crippen LogP contribution in [0.15, 0.2) is 30.3 Å². The molecule has 1 nitrogen and oxygen atoms in total. The Balaban J connectivity index is 1.93. The summed E-state index contributed by atoms with van der Waals surface area (Å²) in [5.74, 6) is 0.921. The van der Waals surface area contributed by atoms with Crippen molar-refractivity contribution in [3.05, 3.63) is 35.9 Å². The number of likely N-dealkylation sites (N-methyl/N-ethyl adjacent to an activating group) is 1. The molecule has 0 bridgehead atoms. The largest absolute Gasteiger partial charge is 0.314 e. The van der Waals surface area contributed by atoms with E-state index in [0.717, 1.165) is 12.5 Å². The van der Waals surface area contributed by atoms with Crippen LogP contribution in [0.4, 0.5) is 0 Å². The molecule has 82 valence electrons. The van der Waals surface area contributed by atoms with E-state index in [1.807, 2.05) is 0 Å². The number of benzene rings is 1. The van der Waals surface area contributed by atoms with Gasteiger partial charge in [0.2, 0.25) is 0 Å². The van der Waals surface area contributed by atoms with Gasteiger partial charge in [-0.1, -0.05) is 43.7 Å². The highest BCUT2D eigenvalue weighted by molar-refractivity contribution is 5.16. The van der Waals surface area contributed by atoms with Crippen LogP contribution in [0.2, 0.25) is 0 Å². The molecule has 1 aliphatic carbocycles. The molecule has 0 radical (unpaired) electrons. The fraction of sp³-hybridized carbons (Fsp3) is 0.571. The highest BCUT2D eigenvalue weighted by atomic mass is 14.9. The predicted octanol–water partition coefficient (Wildman–Crippen LogP) is 3.01. The Morgan fingerprint density at radius 2 is 2.00 bits per heavy atom. The maximum atomic E-state index is 3.63. The van der Waals surface area contributed by atoms with Crippen molar-refractivity contribution in [2.45, 2.75) is 38.6 Å². The first-order chi connectivity index (χ1) is 7.40. The Morgan fingerprint density at radius 1 is 1.27 bits per heavy atom. The average molecular weight is 203 g/mol. The number of hydrogen-bond acceptors (Lipinski definition) is 1. The van der Waals surface area contributed by atoms with E-state index in [0.29, 0.717) is 6.04 Å². The molecule has 1 aromatic rings. The van der Waals surface area contributed by atoms with Crippen LogP contribution in [0.5, 0.6) is 0 Å². The Bertz CT molecular complexity index is 277. The molecule has 1 heteroatoms. The Labute approximate surface area is 92.9 Å². The summed E-state index contributed by atoms with van der Waals surface area (Å²) < 4.78 is 0. The molecule has 2 rings (SSSR count). The van der Waals surface area contributed by atoms with Crippen molar-refractivity contribution >= 4 is 0 Å². The van der Waals surface area contributed by atoms with Crippen molar-refractivity contribution in [2.75, 3.05) is 6.54 Å². The summed E-state index contributed by atoms with van der Waals surface area (Å²) in [6, 6.07) is 11.5. The Morgan fingerprint density at radius 3 is 2.53 bits per heavy atom. The molecule has 1 aliphatic rings. The van der Waals surface area contributed by atoms with Crippen LogP contribution >= 0.6 is 0 Å². The maximum Gasteiger partial charge on any atom is 0.0136 e. The van der Waals surface area contributed by atoms with Crippen molar-refractivity contribution in [1.29, 1.82) is 0 Å². The van der Waals surface area contributed by atoms with Gasteiger partial charge < -0.3 is 5.32 Å². The van der Waals surface area contributed by atoms with E-state index in [1.165, 1.54) is 31.2 Å². The standard InChI is InChI=1S/C14H21N/c1-2-15-14(13-9-6-10-13)11-12-7-4-3-5-8-12/h3-5,7-8,13-15H,2,6,9-11H2,1H3. The second-order valence-electron chi connectivity index (χ2n) is 4.54. The third-order valence-corrected chi connectivity index (χ3v) is 3.48. The van der Waals surface area contributed by atoms with Crippen LogP contribution in [-0.2, 0) is 6.42 Å². The summed E-state index contributed by atoms with van der Waals surface area (Å²) in [5, 5.41) is 3.63. The van der Waals surface area contributed by atoms with Crippen LogP contribution < -0.4 is 5.32 Å². The van der Waals surface area contributed by atoms with E-state index in [4.69, 9.17) is 0 Å². The van der Waals surface area contributed by atoms with Gasteiger partial charge in [0.15, 0.2) is 0 Å². The third kappa shape index (κ3) is 2.82. The third-order valence-electron chi connectivity index (χ3n) is 3.48. The lowest BCUT2D eigenvalue weighted by molar-refractivity contribution is 0.229. The normalized spacial score (nSPS) is 18.5. The molecule has 1 N–H and O–H groups in total. The van der Waals surface area contributed by atoms with Gasteiger partial charge >= 0.3 is 0 Å². The molecule has 1 fully saturated rings. The molecule has 1 aromatic carbocycles. The van der Waals surface area contributed by atoms with E-state index >= 15 is 0 Å². The average Bonchev–Trinajstić information content (AvgIpc) is 2.17. The van der Waals surface area contributed by atoms with E-state index in [1.54, 1.807) is 0 Å². The first kappa shape index (κ1) is 10.7. The van der Waals surface area contributed by atoms with Crippen LogP contribution in [0.25, 0.3) is 0 Å². The van der Waals surface area contributed by atoms with Crippen molar-refractivity contribution in [3.63, 3.8) is 0 Å². The lowest BCUT2D eigenvalue weighted by atomic mass is 9.77. The molecule has 1 saturated carbocycles. The van der Waals surface area contributed by atoms with Gasteiger partial charge in [-0.25, -0.2) is 0 Å². The number of hydrogen-bond donors (Lipinski definition) is 1. The molecular weight excluding hydrogens is 182 g/mol. The topological polar surface area (TPSA) is 12.0 Å². The monoisotopic (exact) mass is 203 g/mol. The summed E-state index contributed by atoms with van der Waals surface area (Å²) in [6.45, 7) is 3.30. The quantitative estimate of drug-likeness (QED) is 0.775. The molecule has 0 aromatic heterocycles. The zero-order valence-electron chi connectivity index (χ0n) is 9.58. The summed E-state index contributed by atoms with van der Waals surface area (Å²) >= 11 is 0. The highest BCUT2D eigenvalue weighted by Crippen LogP contribution is 2.30. The first-order valence-corrected chi connectivity index (χ1v) is 6.17. The van der Waals surface area contributed by atoms with Crippen molar-refractivity contribution < 1.29 is 0 Å². The lowest BCUT2D eigenvalue weighted by Gasteiger charge is -2.34. The van der Waals surface area contributed by atoms with Crippen LogP contribution in [0, 0.1) is 5.92 Å². The maximum absolute atomic E-state index is 3.63. The van der Waals surface area contributed by atoms with E-state index in [-0.39, 0.29) is 0 Å². The summed E-state index contributed by atoms with van der Waals surface area (Å²) in [6.07, 6.45) is 5.47. The van der Waals surface area contributed by atoms with Crippen LogP contribution in [0.1, 0.15) is 31.7 Å². The van der Waals surface area contributed by atoms with Crippen LogP contribution in [-0.4, -0.2) is 12.6 Å². The van der Waals surface area contributed by atoms with Crippen molar-refractivity contribution in [1.82, 2.24) is 5.32 Å². The molecule has 1 atom stereocenters. The van der Waals surface area contributed by atoms with Gasteiger partial charge in [-0.05, 0) is 37.3 Å². The SMILES string of the molecule is CCNC(Cc1ccccc1)C1CCC1. The lowest BCUT2D eigenvalue weighted by Crippen LogP contribution is -2.41. The van der Waals surface area contributed by atoms with Crippen molar-refractivity contribution in [3.8, 4) is 0 Å². The zero-order valence-corrected chi connectivity index (χ0v) is 9.58. The summed E-state index contributed by atoms with van der Waals surface area (Å²) in [7, 11) is 0. The van der Waals surface area contributed by atoms with E-state index in [9.17, 15) is 0 Å². The summed E-state index contributed by atoms with van der Waals surface area (Å²) in [4.78, 5) is 0. The fourth-order valence-corrected chi connectivity index (χ4v) is 2.38. The fourth-order valence-electron chi connectivity index (χ4n) is 2.38. The highest BCUT2D eigenvalue weighted by Gasteiger charge is 2.26. The minimum absolute atomic E-state index is 0.700. The Hall–Kier alpha value is -0.820. The predicted molar refractivity (Wildman–Crippen MR) is 65.0 cm³/mol. The molecule has 0 spiro atoms. The van der Waals surface area contributed by atoms with Crippen molar-refractivity contribution in [2.24, 2.45) is 5.92 Å². The molecule has 1 unspecified atom stereocenters. The zero-order chi connectivity index (χ0) is 10.5. The second-order valence-corrected chi connectivity index (χ2v) is 4.54. The van der Waals surface area contributed by atoms with Gasteiger partial charge in [0.1, 0.15) is 0 Å². The summed E-state index contributed by atoms with van der Waals surface area (Å²) in [5.41, 5.74) is 1.47. The van der Waals surface area contributed by atoms with Gasteiger partial charge in [0.05, 0.1) is 0 Å². The molecule has 0 aliphatic heterocycles. The molecule has 0 heterocycles. The van der Waals surface area contributed by atoms with Gasteiger partial charge in [0, 0.05) is 6.04 Å². The van der Waals surface area contributed by atoms with Gasteiger partial charge in [0.25, 0.3) is 0 Å². The smallest absolute Gasteiger partial charge is 0.0136 e. The minimum atomic E-state index is 0.700. The molecule has 0 saturated heterocycles. The molecule has 15 heavy (non-hydrogen) atoms.